The lowest BCUT2D eigenvalue weighted by molar-refractivity contribution is -0.127. The smallest absolute Gasteiger partial charge is 0.240 e. The summed E-state index contributed by atoms with van der Waals surface area (Å²) in [6.45, 7) is 2.41. The highest BCUT2D eigenvalue weighted by Gasteiger charge is 2.34. The average Bonchev–Trinajstić information content (AvgIpc) is 2.25. The first-order valence-corrected chi connectivity index (χ1v) is 5.66. The Balaban J connectivity index is 2.33. The zero-order valence-electron chi connectivity index (χ0n) is 9.44. The molecule has 3 heteroatoms. The van der Waals surface area contributed by atoms with Crippen LogP contribution in [0.1, 0.15) is 45.4 Å². The van der Waals surface area contributed by atoms with Gasteiger partial charge in [-0.2, -0.15) is 0 Å². The van der Waals surface area contributed by atoms with Crippen LogP contribution in [-0.2, 0) is 4.79 Å². The van der Waals surface area contributed by atoms with E-state index < -0.39 is 5.54 Å². The molecule has 0 unspecified atom stereocenters. The van der Waals surface area contributed by atoms with E-state index in [1.54, 1.807) is 6.92 Å². The van der Waals surface area contributed by atoms with Gasteiger partial charge in [-0.1, -0.05) is 19.3 Å². The summed E-state index contributed by atoms with van der Waals surface area (Å²) in [6, 6.07) is 0. The SMILES string of the molecule is CC#CCCNC(=O)C1(N)CCCCC1. The maximum Gasteiger partial charge on any atom is 0.240 e. The third-order valence-corrected chi connectivity index (χ3v) is 2.91. The van der Waals surface area contributed by atoms with Gasteiger partial charge in [-0.25, -0.2) is 0 Å². The van der Waals surface area contributed by atoms with Crippen LogP contribution in [0.5, 0.6) is 0 Å². The van der Waals surface area contributed by atoms with Gasteiger partial charge in [0.2, 0.25) is 5.91 Å². The van der Waals surface area contributed by atoms with Crippen molar-refractivity contribution in [2.75, 3.05) is 6.54 Å². The number of amides is 1. The molecule has 0 aromatic heterocycles. The fourth-order valence-electron chi connectivity index (χ4n) is 1.95. The number of rotatable bonds is 3. The van der Waals surface area contributed by atoms with Crippen molar-refractivity contribution < 1.29 is 4.79 Å². The van der Waals surface area contributed by atoms with E-state index in [1.165, 1.54) is 6.42 Å². The Morgan fingerprint density at radius 3 is 2.67 bits per heavy atom. The van der Waals surface area contributed by atoms with Crippen LogP contribution in [0.15, 0.2) is 0 Å². The van der Waals surface area contributed by atoms with E-state index in [2.05, 4.69) is 17.2 Å². The van der Waals surface area contributed by atoms with E-state index in [-0.39, 0.29) is 5.91 Å². The molecule has 0 radical (unpaired) electrons. The van der Waals surface area contributed by atoms with E-state index in [0.717, 1.165) is 25.7 Å². The first-order chi connectivity index (χ1) is 7.19. The molecule has 15 heavy (non-hydrogen) atoms. The van der Waals surface area contributed by atoms with Crippen molar-refractivity contribution in [3.05, 3.63) is 0 Å². The lowest BCUT2D eigenvalue weighted by atomic mass is 9.82. The van der Waals surface area contributed by atoms with Gasteiger partial charge in [0.05, 0.1) is 5.54 Å². The molecule has 1 rings (SSSR count). The largest absolute Gasteiger partial charge is 0.354 e. The molecule has 1 amide bonds. The van der Waals surface area contributed by atoms with Crippen molar-refractivity contribution >= 4 is 5.91 Å². The van der Waals surface area contributed by atoms with E-state index in [0.29, 0.717) is 13.0 Å². The van der Waals surface area contributed by atoms with E-state index in [1.807, 2.05) is 0 Å². The molecule has 84 valence electrons. The molecule has 1 saturated carbocycles. The second kappa shape index (κ2) is 5.77. The van der Waals surface area contributed by atoms with Crippen molar-refractivity contribution in [2.45, 2.75) is 51.0 Å². The second-order valence-electron chi connectivity index (χ2n) is 4.15. The Kier molecular flexibility index (Phi) is 4.64. The van der Waals surface area contributed by atoms with Gasteiger partial charge in [0.15, 0.2) is 0 Å². The predicted octanol–water partition coefficient (Wildman–Crippen LogP) is 1.18. The van der Waals surface area contributed by atoms with E-state index >= 15 is 0 Å². The molecule has 0 spiro atoms. The molecule has 1 aliphatic carbocycles. The van der Waals surface area contributed by atoms with Gasteiger partial charge in [0.25, 0.3) is 0 Å². The van der Waals surface area contributed by atoms with Crippen molar-refractivity contribution in [2.24, 2.45) is 5.73 Å². The van der Waals surface area contributed by atoms with Gasteiger partial charge >= 0.3 is 0 Å². The summed E-state index contributed by atoms with van der Waals surface area (Å²) in [5.41, 5.74) is 5.46. The Labute approximate surface area is 91.8 Å². The third kappa shape index (κ3) is 3.56. The standard InChI is InChI=1S/C12H20N2O/c1-2-3-7-10-14-11(15)12(13)8-5-4-6-9-12/h4-10,13H2,1H3,(H,14,15). The normalized spacial score (nSPS) is 18.8. The third-order valence-electron chi connectivity index (χ3n) is 2.91. The van der Waals surface area contributed by atoms with Crippen LogP contribution < -0.4 is 11.1 Å². The topological polar surface area (TPSA) is 55.1 Å². The summed E-state index contributed by atoms with van der Waals surface area (Å²) in [4.78, 5) is 11.8. The molecular formula is C12H20N2O. The second-order valence-corrected chi connectivity index (χ2v) is 4.15. The van der Waals surface area contributed by atoms with E-state index in [4.69, 9.17) is 5.73 Å². The lowest BCUT2D eigenvalue weighted by Crippen LogP contribution is -2.55. The Bertz CT molecular complexity index is 269. The molecular weight excluding hydrogens is 188 g/mol. The summed E-state index contributed by atoms with van der Waals surface area (Å²) in [5.74, 6) is 5.71. The van der Waals surface area contributed by atoms with Crippen LogP contribution in [0.25, 0.3) is 0 Å². The van der Waals surface area contributed by atoms with Gasteiger partial charge in [-0.15, -0.1) is 11.8 Å². The lowest BCUT2D eigenvalue weighted by Gasteiger charge is -2.31. The van der Waals surface area contributed by atoms with Crippen LogP contribution in [0.2, 0.25) is 0 Å². The van der Waals surface area contributed by atoms with Crippen LogP contribution in [0.4, 0.5) is 0 Å². The zero-order chi connectivity index (χ0) is 11.1. The number of carbonyl (C=O) groups excluding carboxylic acids is 1. The van der Waals surface area contributed by atoms with Gasteiger partial charge in [-0.3, -0.25) is 4.79 Å². The Morgan fingerprint density at radius 1 is 1.40 bits per heavy atom. The molecule has 0 aliphatic heterocycles. The summed E-state index contributed by atoms with van der Waals surface area (Å²) in [7, 11) is 0. The van der Waals surface area contributed by atoms with Crippen LogP contribution in [0.3, 0.4) is 0 Å². The molecule has 0 aromatic carbocycles. The Hall–Kier alpha value is -1.01. The summed E-state index contributed by atoms with van der Waals surface area (Å²) >= 11 is 0. The van der Waals surface area contributed by atoms with Crippen LogP contribution in [0, 0.1) is 11.8 Å². The molecule has 3 nitrogen and oxygen atoms in total. The number of hydrogen-bond donors (Lipinski definition) is 2. The fourth-order valence-corrected chi connectivity index (χ4v) is 1.95. The number of hydrogen-bond acceptors (Lipinski definition) is 2. The first-order valence-electron chi connectivity index (χ1n) is 5.66. The highest BCUT2D eigenvalue weighted by Crippen LogP contribution is 2.25. The quantitative estimate of drug-likeness (QED) is 0.540. The number of nitrogens with two attached hydrogens (primary N) is 1. The molecule has 1 aliphatic rings. The zero-order valence-corrected chi connectivity index (χ0v) is 9.44. The minimum atomic E-state index is -0.613. The molecule has 0 atom stereocenters. The van der Waals surface area contributed by atoms with Crippen molar-refractivity contribution in [1.82, 2.24) is 5.32 Å². The fraction of sp³-hybridized carbons (Fsp3) is 0.750. The number of carbonyl (C=O) groups is 1. The molecule has 0 aromatic rings. The van der Waals surface area contributed by atoms with Gasteiger partial charge in [-0.05, 0) is 19.8 Å². The van der Waals surface area contributed by atoms with Gasteiger partial charge < -0.3 is 11.1 Å². The van der Waals surface area contributed by atoms with E-state index in [9.17, 15) is 4.79 Å². The molecule has 0 saturated heterocycles. The van der Waals surface area contributed by atoms with Crippen LogP contribution in [-0.4, -0.2) is 18.0 Å². The molecule has 1 fully saturated rings. The highest BCUT2D eigenvalue weighted by molar-refractivity contribution is 5.86. The monoisotopic (exact) mass is 208 g/mol. The van der Waals surface area contributed by atoms with Crippen molar-refractivity contribution in [3.63, 3.8) is 0 Å². The van der Waals surface area contributed by atoms with Crippen LogP contribution >= 0.6 is 0 Å². The molecule has 0 heterocycles. The summed E-state index contributed by atoms with van der Waals surface area (Å²) in [6.07, 6.45) is 5.68. The van der Waals surface area contributed by atoms with Crippen molar-refractivity contribution in [3.8, 4) is 11.8 Å². The minimum Gasteiger partial charge on any atom is -0.354 e. The maximum absolute atomic E-state index is 11.8. The molecule has 0 bridgehead atoms. The Morgan fingerprint density at radius 2 is 2.07 bits per heavy atom. The van der Waals surface area contributed by atoms with Crippen molar-refractivity contribution in [1.29, 1.82) is 0 Å². The van der Waals surface area contributed by atoms with Gasteiger partial charge in [0, 0.05) is 13.0 Å². The highest BCUT2D eigenvalue weighted by atomic mass is 16.2. The minimum absolute atomic E-state index is 0.0000954. The summed E-state index contributed by atoms with van der Waals surface area (Å²) < 4.78 is 0. The number of nitrogens with one attached hydrogen (secondary N) is 1. The molecule has 3 N–H and O–H groups in total. The van der Waals surface area contributed by atoms with Gasteiger partial charge in [0.1, 0.15) is 0 Å². The predicted molar refractivity (Wildman–Crippen MR) is 61.1 cm³/mol. The maximum atomic E-state index is 11.8. The first kappa shape index (κ1) is 12.1. The summed E-state index contributed by atoms with van der Waals surface area (Å²) in [5, 5.41) is 2.86. The average molecular weight is 208 g/mol.